The Morgan fingerprint density at radius 2 is 1.42 bits per heavy atom. The maximum atomic E-state index is 12.9. The minimum absolute atomic E-state index is 0.0918. The molecule has 1 saturated heterocycles. The zero-order valence-corrected chi connectivity index (χ0v) is 14.5. The molecule has 26 heavy (non-hydrogen) atoms. The Hall–Kier alpha value is -2.66. The second-order valence-electron chi connectivity index (χ2n) is 7.05. The highest BCUT2D eigenvalue weighted by Crippen LogP contribution is 2.41. The number of fused-ring (bicyclic) bond motifs is 2. The molecular weight excluding hydrogens is 330 g/mol. The van der Waals surface area contributed by atoms with Crippen LogP contribution in [0.1, 0.15) is 63.1 Å². The SMILES string of the molecule is O=C1c2ccccc2C(=O)c2c1cc(CN1CCCCCC1)c(O)c2O. The summed E-state index contributed by atoms with van der Waals surface area (Å²) in [4.78, 5) is 27.8. The molecule has 2 aromatic rings. The predicted molar refractivity (Wildman–Crippen MR) is 96.8 cm³/mol. The average Bonchev–Trinajstić information content (AvgIpc) is 2.92. The monoisotopic (exact) mass is 351 g/mol. The van der Waals surface area contributed by atoms with Gasteiger partial charge in [-0.1, -0.05) is 37.1 Å². The topological polar surface area (TPSA) is 77.8 Å². The van der Waals surface area contributed by atoms with Crippen LogP contribution in [0.2, 0.25) is 0 Å². The number of phenols is 2. The van der Waals surface area contributed by atoms with E-state index in [1.54, 1.807) is 30.3 Å². The first kappa shape index (κ1) is 16.8. The maximum absolute atomic E-state index is 12.9. The number of carbonyl (C=O) groups excluding carboxylic acids is 2. The summed E-state index contributed by atoms with van der Waals surface area (Å²) in [5.74, 6) is -1.50. The number of hydrogen-bond donors (Lipinski definition) is 2. The van der Waals surface area contributed by atoms with Gasteiger partial charge in [0.2, 0.25) is 0 Å². The highest BCUT2D eigenvalue weighted by molar-refractivity contribution is 6.29. The first-order valence-corrected chi connectivity index (χ1v) is 9.06. The van der Waals surface area contributed by atoms with E-state index in [1.807, 2.05) is 0 Å². The van der Waals surface area contributed by atoms with Gasteiger partial charge < -0.3 is 10.2 Å². The summed E-state index contributed by atoms with van der Waals surface area (Å²) in [6, 6.07) is 8.16. The molecule has 2 N–H and O–H groups in total. The highest BCUT2D eigenvalue weighted by atomic mass is 16.3. The molecule has 0 bridgehead atoms. The maximum Gasteiger partial charge on any atom is 0.198 e. The number of ketones is 2. The molecule has 1 heterocycles. The van der Waals surface area contributed by atoms with Crippen LogP contribution in [0.5, 0.6) is 11.5 Å². The lowest BCUT2D eigenvalue weighted by Crippen LogP contribution is -2.25. The standard InChI is InChI=1S/C21H21NO4/c23-18-13(12-22-9-5-1-2-6-10-22)11-16-17(21(18)26)20(25)15-8-4-3-7-14(15)19(16)24/h3-4,7-8,11,23,26H,1-2,5-6,9-10,12H2. The lowest BCUT2D eigenvalue weighted by Gasteiger charge is -2.24. The van der Waals surface area contributed by atoms with Crippen molar-refractivity contribution in [3.05, 3.63) is 58.1 Å². The third-order valence-electron chi connectivity index (χ3n) is 5.33. The van der Waals surface area contributed by atoms with Crippen LogP contribution >= 0.6 is 0 Å². The molecule has 1 fully saturated rings. The van der Waals surface area contributed by atoms with E-state index >= 15 is 0 Å². The van der Waals surface area contributed by atoms with Gasteiger partial charge in [-0.25, -0.2) is 0 Å². The third-order valence-corrected chi connectivity index (χ3v) is 5.33. The summed E-state index contributed by atoms with van der Waals surface area (Å²) in [7, 11) is 0. The van der Waals surface area contributed by atoms with E-state index in [1.165, 1.54) is 12.8 Å². The number of benzene rings is 2. The van der Waals surface area contributed by atoms with Gasteiger partial charge in [0.05, 0.1) is 5.56 Å². The van der Waals surface area contributed by atoms with E-state index < -0.39 is 11.5 Å². The Morgan fingerprint density at radius 3 is 2.08 bits per heavy atom. The van der Waals surface area contributed by atoms with Crippen LogP contribution in [-0.2, 0) is 6.54 Å². The molecule has 0 spiro atoms. The second kappa shape index (κ2) is 6.57. The van der Waals surface area contributed by atoms with Gasteiger partial charge in [0.25, 0.3) is 0 Å². The van der Waals surface area contributed by atoms with Crippen LogP contribution in [0, 0.1) is 0 Å². The smallest absolute Gasteiger partial charge is 0.198 e. The fourth-order valence-corrected chi connectivity index (χ4v) is 3.94. The molecule has 0 saturated carbocycles. The number of hydrogen-bond acceptors (Lipinski definition) is 5. The Balaban J connectivity index is 1.77. The number of aromatic hydroxyl groups is 2. The molecule has 1 aliphatic carbocycles. The van der Waals surface area contributed by atoms with Crippen LogP contribution in [0.3, 0.4) is 0 Å². The van der Waals surface area contributed by atoms with Gasteiger partial charge in [0, 0.05) is 28.8 Å². The minimum atomic E-state index is -0.486. The van der Waals surface area contributed by atoms with Gasteiger partial charge in [0.1, 0.15) is 0 Å². The van der Waals surface area contributed by atoms with E-state index in [0.29, 0.717) is 17.7 Å². The first-order valence-electron chi connectivity index (χ1n) is 9.06. The van der Waals surface area contributed by atoms with E-state index in [0.717, 1.165) is 25.9 Å². The zero-order valence-electron chi connectivity index (χ0n) is 14.5. The van der Waals surface area contributed by atoms with Crippen LogP contribution in [0.25, 0.3) is 0 Å². The van der Waals surface area contributed by atoms with Crippen LogP contribution in [-0.4, -0.2) is 39.8 Å². The van der Waals surface area contributed by atoms with Crippen LogP contribution < -0.4 is 0 Å². The Bertz CT molecular complexity index is 895. The normalized spacial score (nSPS) is 17.5. The minimum Gasteiger partial charge on any atom is -0.504 e. The fraction of sp³-hybridized carbons (Fsp3) is 0.333. The number of nitrogens with zero attached hydrogens (tertiary/aromatic N) is 1. The summed E-state index contributed by atoms with van der Waals surface area (Å²) in [5.41, 5.74) is 1.18. The summed E-state index contributed by atoms with van der Waals surface area (Å²) >= 11 is 0. The molecule has 5 heteroatoms. The Kier molecular flexibility index (Phi) is 4.24. The van der Waals surface area contributed by atoms with Gasteiger partial charge in [-0.05, 0) is 32.0 Å². The van der Waals surface area contributed by atoms with Crippen molar-refractivity contribution in [3.63, 3.8) is 0 Å². The fourth-order valence-electron chi connectivity index (χ4n) is 3.94. The van der Waals surface area contributed by atoms with Gasteiger partial charge in [-0.3, -0.25) is 14.5 Å². The average molecular weight is 351 g/mol. The predicted octanol–water partition coefficient (Wildman–Crippen LogP) is 3.25. The summed E-state index contributed by atoms with van der Waals surface area (Å²) in [5, 5.41) is 20.9. The molecule has 0 aromatic heterocycles. The first-order chi connectivity index (χ1) is 12.6. The number of carbonyl (C=O) groups is 2. The zero-order chi connectivity index (χ0) is 18.3. The van der Waals surface area contributed by atoms with E-state index in [9.17, 15) is 19.8 Å². The van der Waals surface area contributed by atoms with Crippen molar-refractivity contribution in [2.24, 2.45) is 0 Å². The third kappa shape index (κ3) is 2.69. The molecule has 1 aliphatic heterocycles. The van der Waals surface area contributed by atoms with Crippen molar-refractivity contribution in [1.29, 1.82) is 0 Å². The molecule has 0 amide bonds. The molecule has 2 aromatic carbocycles. The highest BCUT2D eigenvalue weighted by Gasteiger charge is 2.34. The largest absolute Gasteiger partial charge is 0.504 e. The molecule has 5 nitrogen and oxygen atoms in total. The van der Waals surface area contributed by atoms with Crippen LogP contribution in [0.4, 0.5) is 0 Å². The van der Waals surface area contributed by atoms with Gasteiger partial charge >= 0.3 is 0 Å². The van der Waals surface area contributed by atoms with Gasteiger partial charge in [0.15, 0.2) is 23.1 Å². The molecule has 0 unspecified atom stereocenters. The van der Waals surface area contributed by atoms with E-state index in [2.05, 4.69) is 4.90 Å². The van der Waals surface area contributed by atoms with Crippen molar-refractivity contribution in [1.82, 2.24) is 4.90 Å². The number of rotatable bonds is 2. The van der Waals surface area contributed by atoms with Crippen molar-refractivity contribution < 1.29 is 19.8 Å². The van der Waals surface area contributed by atoms with Crippen molar-refractivity contribution in [2.45, 2.75) is 32.2 Å². The number of likely N-dealkylation sites (tertiary alicyclic amines) is 1. The molecule has 134 valence electrons. The molecular formula is C21H21NO4. The second-order valence-corrected chi connectivity index (χ2v) is 7.05. The van der Waals surface area contributed by atoms with Crippen molar-refractivity contribution >= 4 is 11.6 Å². The van der Waals surface area contributed by atoms with Crippen molar-refractivity contribution in [2.75, 3.05) is 13.1 Å². The molecule has 2 aliphatic rings. The number of phenolic OH excluding ortho intramolecular Hbond substituents is 2. The lowest BCUT2D eigenvalue weighted by atomic mass is 9.82. The van der Waals surface area contributed by atoms with Crippen LogP contribution in [0.15, 0.2) is 30.3 Å². The summed E-state index contributed by atoms with van der Waals surface area (Å²) in [6.07, 6.45) is 4.59. The van der Waals surface area contributed by atoms with E-state index in [4.69, 9.17) is 0 Å². The lowest BCUT2D eigenvalue weighted by molar-refractivity contribution is 0.0976. The molecule has 4 rings (SSSR count). The van der Waals surface area contributed by atoms with Gasteiger partial charge in [-0.2, -0.15) is 0 Å². The van der Waals surface area contributed by atoms with E-state index in [-0.39, 0.29) is 28.2 Å². The molecule has 0 atom stereocenters. The Labute approximate surface area is 151 Å². The summed E-state index contributed by atoms with van der Waals surface area (Å²) in [6.45, 7) is 2.30. The van der Waals surface area contributed by atoms with Gasteiger partial charge in [-0.15, -0.1) is 0 Å². The van der Waals surface area contributed by atoms with Crippen molar-refractivity contribution in [3.8, 4) is 11.5 Å². The summed E-state index contributed by atoms with van der Waals surface area (Å²) < 4.78 is 0. The molecule has 0 radical (unpaired) electrons. The quantitative estimate of drug-likeness (QED) is 0.693. The Morgan fingerprint density at radius 1 is 0.808 bits per heavy atom.